The van der Waals surface area contributed by atoms with E-state index in [0.29, 0.717) is 6.42 Å². The lowest BCUT2D eigenvalue weighted by Gasteiger charge is -2.10. The minimum Gasteiger partial charge on any atom is -0.294 e. The number of Topliss-reactive ketones (excluding diaryl/α,β-unsaturated/α-hetero) is 1. The van der Waals surface area contributed by atoms with Crippen LogP contribution in [0.1, 0.15) is 35.2 Å². The fourth-order valence-corrected chi connectivity index (χ4v) is 2.20. The zero-order valence-corrected chi connectivity index (χ0v) is 11.9. The van der Waals surface area contributed by atoms with Crippen LogP contribution in [-0.2, 0) is 0 Å². The molecule has 2 aromatic rings. The molecule has 0 saturated carbocycles. The smallest absolute Gasteiger partial charge is 0.163 e. The Morgan fingerprint density at radius 1 is 1.06 bits per heavy atom. The van der Waals surface area contributed by atoms with Crippen LogP contribution in [0.2, 0.25) is 0 Å². The monoisotopic (exact) mass is 302 g/mol. The van der Waals surface area contributed by atoms with Crippen molar-refractivity contribution in [2.45, 2.75) is 19.3 Å². The molecule has 0 aliphatic carbocycles. The Hall–Kier alpha value is -1.41. The largest absolute Gasteiger partial charge is 0.294 e. The van der Waals surface area contributed by atoms with Crippen molar-refractivity contribution >= 4 is 21.7 Å². The van der Waals surface area contributed by atoms with E-state index in [1.165, 1.54) is 5.56 Å². The molecule has 0 saturated heterocycles. The van der Waals surface area contributed by atoms with Crippen LogP contribution < -0.4 is 0 Å². The van der Waals surface area contributed by atoms with Crippen LogP contribution in [0.4, 0.5) is 0 Å². The van der Waals surface area contributed by atoms with Gasteiger partial charge in [0.1, 0.15) is 0 Å². The maximum Gasteiger partial charge on any atom is 0.163 e. The molecular formula is C16H15BrO. The van der Waals surface area contributed by atoms with Crippen LogP contribution in [0, 0.1) is 0 Å². The number of carbonyl (C=O) groups excluding carboxylic acids is 1. The van der Waals surface area contributed by atoms with Gasteiger partial charge in [-0.15, -0.1) is 0 Å². The molecule has 0 amide bonds. The first kappa shape index (κ1) is 13.0. The van der Waals surface area contributed by atoms with Gasteiger partial charge in [0.2, 0.25) is 0 Å². The van der Waals surface area contributed by atoms with E-state index in [-0.39, 0.29) is 11.7 Å². The van der Waals surface area contributed by atoms with Crippen molar-refractivity contribution in [1.29, 1.82) is 0 Å². The molecule has 1 nitrogen and oxygen atoms in total. The molecule has 0 aromatic heterocycles. The molecule has 18 heavy (non-hydrogen) atoms. The topological polar surface area (TPSA) is 17.1 Å². The molecule has 0 aliphatic rings. The van der Waals surface area contributed by atoms with Crippen molar-refractivity contribution in [2.24, 2.45) is 0 Å². The van der Waals surface area contributed by atoms with E-state index in [0.717, 1.165) is 10.0 Å². The Bertz CT molecular complexity index is 517. The highest BCUT2D eigenvalue weighted by atomic mass is 79.9. The maximum absolute atomic E-state index is 12.1. The Balaban J connectivity index is 2.06. The quantitative estimate of drug-likeness (QED) is 0.740. The van der Waals surface area contributed by atoms with E-state index in [2.05, 4.69) is 35.0 Å². The van der Waals surface area contributed by atoms with E-state index in [9.17, 15) is 4.79 Å². The minimum absolute atomic E-state index is 0.193. The van der Waals surface area contributed by atoms with Gasteiger partial charge < -0.3 is 0 Å². The first-order chi connectivity index (χ1) is 8.66. The molecule has 0 spiro atoms. The van der Waals surface area contributed by atoms with E-state index in [1.54, 1.807) is 0 Å². The summed E-state index contributed by atoms with van der Waals surface area (Å²) in [5.74, 6) is 0.446. The molecule has 2 aromatic carbocycles. The van der Waals surface area contributed by atoms with Crippen LogP contribution in [0.3, 0.4) is 0 Å². The highest BCUT2D eigenvalue weighted by Crippen LogP contribution is 2.21. The van der Waals surface area contributed by atoms with Crippen LogP contribution in [0.5, 0.6) is 0 Å². The van der Waals surface area contributed by atoms with Crippen molar-refractivity contribution in [3.63, 3.8) is 0 Å². The normalized spacial score (nSPS) is 12.1. The first-order valence-corrected chi connectivity index (χ1v) is 6.80. The first-order valence-electron chi connectivity index (χ1n) is 6.00. The van der Waals surface area contributed by atoms with Crippen LogP contribution in [0.25, 0.3) is 0 Å². The standard InChI is InChI=1S/C16H15BrO/c1-12(13-5-3-2-4-6-13)11-16(18)14-7-9-15(17)10-8-14/h2-10,12H,11H2,1H3. The number of hydrogen-bond acceptors (Lipinski definition) is 1. The van der Waals surface area contributed by atoms with Gasteiger partial charge >= 0.3 is 0 Å². The molecule has 0 radical (unpaired) electrons. The summed E-state index contributed by atoms with van der Waals surface area (Å²) in [5.41, 5.74) is 1.99. The molecule has 2 rings (SSSR count). The minimum atomic E-state index is 0.193. The number of rotatable bonds is 4. The summed E-state index contributed by atoms with van der Waals surface area (Å²) in [6.07, 6.45) is 0.547. The summed E-state index contributed by atoms with van der Waals surface area (Å²) < 4.78 is 0.996. The highest BCUT2D eigenvalue weighted by molar-refractivity contribution is 9.10. The molecule has 1 atom stereocenters. The van der Waals surface area contributed by atoms with E-state index in [1.807, 2.05) is 42.5 Å². The molecule has 92 valence electrons. The summed E-state index contributed by atoms with van der Waals surface area (Å²) in [7, 11) is 0. The van der Waals surface area contributed by atoms with Gasteiger partial charge in [-0.1, -0.05) is 65.3 Å². The summed E-state index contributed by atoms with van der Waals surface area (Å²) in [6, 6.07) is 17.7. The van der Waals surface area contributed by atoms with Crippen molar-refractivity contribution in [2.75, 3.05) is 0 Å². The molecule has 1 unspecified atom stereocenters. The van der Waals surface area contributed by atoms with Gasteiger partial charge in [0.25, 0.3) is 0 Å². The number of benzene rings is 2. The summed E-state index contributed by atoms with van der Waals surface area (Å²) in [6.45, 7) is 2.09. The Labute approximate surface area is 116 Å². The summed E-state index contributed by atoms with van der Waals surface area (Å²) >= 11 is 3.37. The molecular weight excluding hydrogens is 288 g/mol. The van der Waals surface area contributed by atoms with Crippen LogP contribution in [-0.4, -0.2) is 5.78 Å². The summed E-state index contributed by atoms with van der Waals surface area (Å²) in [4.78, 5) is 12.1. The second-order valence-corrected chi connectivity index (χ2v) is 5.36. The second-order valence-electron chi connectivity index (χ2n) is 4.45. The third-order valence-corrected chi connectivity index (χ3v) is 3.56. The number of halogens is 1. The average molecular weight is 303 g/mol. The summed E-state index contributed by atoms with van der Waals surface area (Å²) in [5, 5.41) is 0. The molecule has 2 heteroatoms. The van der Waals surface area contributed by atoms with Crippen molar-refractivity contribution in [3.05, 3.63) is 70.2 Å². The third kappa shape index (κ3) is 3.30. The van der Waals surface area contributed by atoms with E-state index < -0.39 is 0 Å². The van der Waals surface area contributed by atoms with Gasteiger partial charge in [-0.05, 0) is 23.6 Å². The zero-order chi connectivity index (χ0) is 13.0. The molecule has 0 aliphatic heterocycles. The average Bonchev–Trinajstić information content (AvgIpc) is 2.40. The van der Waals surface area contributed by atoms with Crippen LogP contribution in [0.15, 0.2) is 59.1 Å². The maximum atomic E-state index is 12.1. The molecule has 0 N–H and O–H groups in total. The Kier molecular flexibility index (Phi) is 4.32. The predicted octanol–water partition coefficient (Wildman–Crippen LogP) is 4.83. The van der Waals surface area contributed by atoms with Crippen molar-refractivity contribution in [1.82, 2.24) is 0 Å². The molecule has 0 bridgehead atoms. The van der Waals surface area contributed by atoms with Gasteiger partial charge in [0.15, 0.2) is 5.78 Å². The lowest BCUT2D eigenvalue weighted by atomic mass is 9.93. The van der Waals surface area contributed by atoms with Gasteiger partial charge in [0.05, 0.1) is 0 Å². The molecule has 0 fully saturated rings. The second kappa shape index (κ2) is 5.96. The van der Waals surface area contributed by atoms with Crippen LogP contribution >= 0.6 is 15.9 Å². The van der Waals surface area contributed by atoms with Gasteiger partial charge in [-0.25, -0.2) is 0 Å². The Morgan fingerprint density at radius 3 is 2.28 bits per heavy atom. The van der Waals surface area contributed by atoms with Gasteiger partial charge in [-0.3, -0.25) is 4.79 Å². The highest BCUT2D eigenvalue weighted by Gasteiger charge is 2.12. The van der Waals surface area contributed by atoms with Crippen molar-refractivity contribution < 1.29 is 4.79 Å². The van der Waals surface area contributed by atoms with E-state index >= 15 is 0 Å². The predicted molar refractivity (Wildman–Crippen MR) is 77.9 cm³/mol. The van der Waals surface area contributed by atoms with Gasteiger partial charge in [0, 0.05) is 16.5 Å². The fraction of sp³-hybridized carbons (Fsp3) is 0.188. The fourth-order valence-electron chi connectivity index (χ4n) is 1.93. The molecule has 0 heterocycles. The lowest BCUT2D eigenvalue weighted by molar-refractivity contribution is 0.0975. The number of hydrogen-bond donors (Lipinski definition) is 0. The Morgan fingerprint density at radius 2 is 1.67 bits per heavy atom. The van der Waals surface area contributed by atoms with Gasteiger partial charge in [-0.2, -0.15) is 0 Å². The zero-order valence-electron chi connectivity index (χ0n) is 10.3. The van der Waals surface area contributed by atoms with Crippen molar-refractivity contribution in [3.8, 4) is 0 Å². The number of carbonyl (C=O) groups is 1. The van der Waals surface area contributed by atoms with E-state index in [4.69, 9.17) is 0 Å². The number of ketones is 1. The SMILES string of the molecule is CC(CC(=O)c1ccc(Br)cc1)c1ccccc1. The lowest BCUT2D eigenvalue weighted by Crippen LogP contribution is -2.04. The third-order valence-electron chi connectivity index (χ3n) is 3.03.